The maximum Gasteiger partial charge on any atom is 0.408 e. The van der Waals surface area contributed by atoms with E-state index in [1.165, 1.54) is 4.90 Å². The Kier molecular flexibility index (Phi) is 12.9. The van der Waals surface area contributed by atoms with Crippen molar-refractivity contribution in [3.05, 3.63) is 53.6 Å². The van der Waals surface area contributed by atoms with Crippen LogP contribution in [0.2, 0.25) is 0 Å². The molecule has 0 fully saturated rings. The molecule has 9 heteroatoms. The highest BCUT2D eigenvalue weighted by Gasteiger charge is 2.40. The number of hydrogen-bond acceptors (Lipinski definition) is 6. The number of methoxy groups -OCH3 is 1. The van der Waals surface area contributed by atoms with Gasteiger partial charge in [0.25, 0.3) is 5.91 Å². The number of anilines is 1. The van der Waals surface area contributed by atoms with Crippen LogP contribution >= 0.6 is 0 Å². The zero-order valence-corrected chi connectivity index (χ0v) is 27.5. The van der Waals surface area contributed by atoms with Gasteiger partial charge in [0.05, 0.1) is 7.11 Å². The summed E-state index contributed by atoms with van der Waals surface area (Å²) in [4.78, 5) is 43.2. The number of nitrogens with zero attached hydrogens (tertiary/aromatic N) is 1. The number of ether oxygens (including phenoxy) is 2. The Morgan fingerprint density at radius 1 is 0.930 bits per heavy atom. The summed E-state index contributed by atoms with van der Waals surface area (Å²) in [6.07, 6.45) is 1.05. The van der Waals surface area contributed by atoms with Crippen LogP contribution in [0, 0.1) is 18.8 Å². The van der Waals surface area contributed by atoms with Crippen molar-refractivity contribution in [1.29, 1.82) is 0 Å². The molecule has 2 aromatic rings. The average Bonchev–Trinajstić information content (AvgIpc) is 2.90. The zero-order chi connectivity index (χ0) is 32.5. The fraction of sp³-hybridized carbons (Fsp3) is 0.559. The lowest BCUT2D eigenvalue weighted by atomic mass is 9.94. The molecule has 0 aromatic heterocycles. The van der Waals surface area contributed by atoms with Gasteiger partial charge in [-0.05, 0) is 95.5 Å². The van der Waals surface area contributed by atoms with Crippen LogP contribution in [0.25, 0.3) is 0 Å². The molecule has 0 heterocycles. The van der Waals surface area contributed by atoms with Gasteiger partial charge in [-0.2, -0.15) is 0 Å². The molecule has 3 amide bonds. The van der Waals surface area contributed by atoms with Crippen LogP contribution in [-0.2, 0) is 14.3 Å². The lowest BCUT2D eigenvalue weighted by molar-refractivity contribution is -0.144. The second-order valence-corrected chi connectivity index (χ2v) is 13.0. The first kappa shape index (κ1) is 35.4. The number of benzene rings is 2. The first-order valence-electron chi connectivity index (χ1n) is 15.1. The zero-order valence-electron chi connectivity index (χ0n) is 27.5. The first-order chi connectivity index (χ1) is 20.0. The van der Waals surface area contributed by atoms with Crippen molar-refractivity contribution in [1.82, 2.24) is 10.2 Å². The molecule has 43 heavy (non-hydrogen) atoms. The van der Waals surface area contributed by atoms with Gasteiger partial charge in [0.1, 0.15) is 29.2 Å². The third-order valence-corrected chi connectivity index (χ3v) is 7.03. The summed E-state index contributed by atoms with van der Waals surface area (Å²) in [6, 6.07) is 9.49. The van der Waals surface area contributed by atoms with Gasteiger partial charge in [-0.15, -0.1) is 0 Å². The van der Waals surface area contributed by atoms with Crippen LogP contribution in [0.5, 0.6) is 11.5 Å². The predicted octanol–water partition coefficient (Wildman–Crippen LogP) is 6.98. The maximum atomic E-state index is 14.6. The molecule has 0 aliphatic rings. The Bertz CT molecular complexity index is 1220. The van der Waals surface area contributed by atoms with Gasteiger partial charge in [-0.25, -0.2) is 4.79 Å². The number of carbonyl (C=O) groups excluding carboxylic acids is 3. The van der Waals surface area contributed by atoms with E-state index >= 15 is 0 Å². The minimum Gasteiger partial charge on any atom is -0.507 e. The van der Waals surface area contributed by atoms with Crippen molar-refractivity contribution in [2.24, 2.45) is 11.8 Å². The molecule has 0 bridgehead atoms. The van der Waals surface area contributed by atoms with Gasteiger partial charge in [0.15, 0.2) is 0 Å². The van der Waals surface area contributed by atoms with Crippen LogP contribution in [0.15, 0.2) is 42.5 Å². The summed E-state index contributed by atoms with van der Waals surface area (Å²) in [6.45, 7) is 17.0. The van der Waals surface area contributed by atoms with Gasteiger partial charge in [0, 0.05) is 17.3 Å². The topological polar surface area (TPSA) is 117 Å². The third-order valence-electron chi connectivity index (χ3n) is 7.03. The van der Waals surface area contributed by atoms with Crippen molar-refractivity contribution in [3.63, 3.8) is 0 Å². The van der Waals surface area contributed by atoms with E-state index in [-0.39, 0.29) is 11.7 Å². The monoisotopic (exact) mass is 597 g/mol. The largest absolute Gasteiger partial charge is 0.507 e. The van der Waals surface area contributed by atoms with Gasteiger partial charge in [-0.3, -0.25) is 9.59 Å². The van der Waals surface area contributed by atoms with Crippen LogP contribution in [0.4, 0.5) is 10.5 Å². The Hall–Kier alpha value is -3.75. The lowest BCUT2D eigenvalue weighted by Crippen LogP contribution is -2.55. The molecule has 3 unspecified atom stereocenters. The van der Waals surface area contributed by atoms with E-state index in [4.69, 9.17) is 9.47 Å². The Morgan fingerprint density at radius 3 is 2.09 bits per heavy atom. The number of aryl methyl sites for hydroxylation is 1. The van der Waals surface area contributed by atoms with E-state index in [1.54, 1.807) is 77.3 Å². The number of hydrogen-bond donors (Lipinski definition) is 3. The van der Waals surface area contributed by atoms with Gasteiger partial charge in [0.2, 0.25) is 5.91 Å². The molecule has 0 radical (unpaired) electrons. The van der Waals surface area contributed by atoms with Crippen molar-refractivity contribution in [3.8, 4) is 11.5 Å². The summed E-state index contributed by atoms with van der Waals surface area (Å²) >= 11 is 0. The molecular formula is C34H51N3O6. The predicted molar refractivity (Wildman–Crippen MR) is 170 cm³/mol. The van der Waals surface area contributed by atoms with E-state index in [2.05, 4.69) is 24.5 Å². The molecule has 0 saturated heterocycles. The molecule has 0 aliphatic carbocycles. The Balaban J connectivity index is 2.68. The molecule has 0 saturated carbocycles. The summed E-state index contributed by atoms with van der Waals surface area (Å²) < 4.78 is 10.7. The second-order valence-electron chi connectivity index (χ2n) is 13.0. The molecule has 3 N–H and O–H groups in total. The Labute approximate surface area is 257 Å². The van der Waals surface area contributed by atoms with Crippen molar-refractivity contribution in [2.75, 3.05) is 12.4 Å². The summed E-state index contributed by atoms with van der Waals surface area (Å²) in [5, 5.41) is 16.9. The summed E-state index contributed by atoms with van der Waals surface area (Å²) in [5.41, 5.74) is 0.633. The maximum absolute atomic E-state index is 14.6. The number of rotatable bonds is 13. The van der Waals surface area contributed by atoms with Crippen molar-refractivity contribution < 1.29 is 29.0 Å². The molecule has 0 spiro atoms. The van der Waals surface area contributed by atoms with Crippen LogP contribution in [0.1, 0.15) is 91.8 Å². The standard InChI is InChI=1S/C34H51N3O6/c1-21(2)14-15-24(6)37(32(40)28(20-22(3)4)36-33(41)43-34(7,8)9)29(27-13-11-12-23(5)30(27)38)31(39)35-25-16-18-26(42-10)19-17-25/h11-13,16-19,21-22,24,28-29,38H,14-15,20H2,1-10H3,(H,35,39)(H,36,41). The number of amides is 3. The lowest BCUT2D eigenvalue weighted by Gasteiger charge is -2.39. The summed E-state index contributed by atoms with van der Waals surface area (Å²) in [7, 11) is 1.56. The van der Waals surface area contributed by atoms with E-state index in [1.807, 2.05) is 20.8 Å². The molecular weight excluding hydrogens is 546 g/mol. The fourth-order valence-electron chi connectivity index (χ4n) is 4.84. The van der Waals surface area contributed by atoms with Crippen molar-refractivity contribution in [2.45, 2.75) is 105 Å². The minimum absolute atomic E-state index is 0.0515. The number of phenolic OH excluding ortho intramolecular Hbond substituents is 1. The number of para-hydroxylation sites is 1. The van der Waals surface area contributed by atoms with Crippen LogP contribution in [0.3, 0.4) is 0 Å². The average molecular weight is 598 g/mol. The number of phenols is 1. The first-order valence-corrected chi connectivity index (χ1v) is 15.1. The number of carbonyl (C=O) groups is 3. The molecule has 2 aromatic carbocycles. The third kappa shape index (κ3) is 10.8. The van der Waals surface area contributed by atoms with Crippen LogP contribution in [-0.4, -0.2) is 52.7 Å². The molecule has 238 valence electrons. The molecule has 0 aliphatic heterocycles. The van der Waals surface area contributed by atoms with Crippen molar-refractivity contribution >= 4 is 23.6 Å². The fourth-order valence-corrected chi connectivity index (χ4v) is 4.84. The number of aromatic hydroxyl groups is 1. The Morgan fingerprint density at radius 2 is 1.56 bits per heavy atom. The molecule has 2 rings (SSSR count). The van der Waals surface area contributed by atoms with E-state index in [0.29, 0.717) is 41.3 Å². The second kappa shape index (κ2) is 15.6. The number of nitrogens with one attached hydrogen (secondary N) is 2. The minimum atomic E-state index is -1.19. The molecule has 9 nitrogen and oxygen atoms in total. The van der Waals surface area contributed by atoms with E-state index < -0.39 is 41.6 Å². The van der Waals surface area contributed by atoms with Gasteiger partial charge < -0.3 is 30.1 Å². The quantitative estimate of drug-likeness (QED) is 0.229. The highest BCUT2D eigenvalue weighted by Crippen LogP contribution is 2.35. The SMILES string of the molecule is COc1ccc(NC(=O)C(c2cccc(C)c2O)N(C(=O)C(CC(C)C)NC(=O)OC(C)(C)C)C(C)CCC(C)C)cc1. The summed E-state index contributed by atoms with van der Waals surface area (Å²) in [5.74, 6) is 0.0739. The van der Waals surface area contributed by atoms with Gasteiger partial charge in [-0.1, -0.05) is 45.9 Å². The highest BCUT2D eigenvalue weighted by atomic mass is 16.6. The smallest absolute Gasteiger partial charge is 0.408 e. The highest BCUT2D eigenvalue weighted by molar-refractivity contribution is 5.99. The molecule has 3 atom stereocenters. The van der Waals surface area contributed by atoms with Gasteiger partial charge >= 0.3 is 6.09 Å². The van der Waals surface area contributed by atoms with E-state index in [9.17, 15) is 19.5 Å². The normalized spacial score (nSPS) is 13.7. The number of alkyl carbamates (subject to hydrolysis) is 1. The van der Waals surface area contributed by atoms with E-state index in [0.717, 1.165) is 6.42 Å². The van der Waals surface area contributed by atoms with Crippen LogP contribution < -0.4 is 15.4 Å².